The van der Waals surface area contributed by atoms with Gasteiger partial charge < -0.3 is 9.88 Å². The lowest BCUT2D eigenvalue weighted by atomic mass is 10.0. The Morgan fingerprint density at radius 2 is 1.61 bits per heavy atom. The highest BCUT2D eigenvalue weighted by atomic mass is 16.2. The van der Waals surface area contributed by atoms with Gasteiger partial charge in [0.2, 0.25) is 0 Å². The highest BCUT2D eigenvalue weighted by Crippen LogP contribution is 2.22. The average Bonchev–Trinajstić information content (AvgIpc) is 3.17. The second-order valence-electron chi connectivity index (χ2n) is 10.0. The van der Waals surface area contributed by atoms with Crippen LogP contribution >= 0.6 is 0 Å². The van der Waals surface area contributed by atoms with Crippen molar-refractivity contribution < 1.29 is 9.59 Å². The van der Waals surface area contributed by atoms with E-state index in [0.29, 0.717) is 29.9 Å². The number of rotatable bonds is 9. The minimum atomic E-state index is -0.271. The molecule has 1 saturated heterocycles. The van der Waals surface area contributed by atoms with Gasteiger partial charge in [0.25, 0.3) is 17.4 Å². The van der Waals surface area contributed by atoms with E-state index in [1.807, 2.05) is 6.07 Å². The summed E-state index contributed by atoms with van der Waals surface area (Å²) in [6.45, 7) is 5.68. The molecule has 2 amide bonds. The van der Waals surface area contributed by atoms with Crippen LogP contribution in [-0.4, -0.2) is 63.4 Å². The normalized spacial score (nSPS) is 16.7. The fourth-order valence-electron chi connectivity index (χ4n) is 5.22. The number of fused-ring (bicyclic) bond motifs is 1. The smallest absolute Gasteiger partial charge is 0.293 e. The molecule has 8 nitrogen and oxygen atoms in total. The molecule has 1 aromatic heterocycles. The molecule has 2 aliphatic heterocycles. The highest BCUT2D eigenvalue weighted by molar-refractivity contribution is 6.21. The third-order valence-electron chi connectivity index (χ3n) is 7.19. The standard InChI is InChI=1S/C30H33N5O3/c1-22(20-23-8-3-2-4-9-23)21-33-17-12-24(13-18-33)32-27-30(38)34(19-14-31-27)15-7-16-35-28(36)25-10-5-6-11-26(25)29(35)37/h2-6,8-11,14,19-20,24H,7,12-13,15-18,21H2,1H3,(H,31,32). The molecular weight excluding hydrogens is 478 g/mol. The number of nitrogens with one attached hydrogen (secondary N) is 1. The van der Waals surface area contributed by atoms with Gasteiger partial charge in [0.05, 0.1) is 11.1 Å². The zero-order valence-corrected chi connectivity index (χ0v) is 21.7. The third kappa shape index (κ3) is 5.75. The van der Waals surface area contributed by atoms with Gasteiger partial charge in [-0.2, -0.15) is 0 Å². The van der Waals surface area contributed by atoms with E-state index in [1.54, 1.807) is 41.2 Å². The molecule has 0 radical (unpaired) electrons. The Balaban J connectivity index is 1.11. The van der Waals surface area contributed by atoms with Crippen LogP contribution in [0.25, 0.3) is 6.08 Å². The Morgan fingerprint density at radius 1 is 0.947 bits per heavy atom. The molecule has 196 valence electrons. The number of carbonyl (C=O) groups excluding carboxylic acids is 2. The van der Waals surface area contributed by atoms with Crippen molar-refractivity contribution in [3.05, 3.63) is 99.6 Å². The predicted molar refractivity (Wildman–Crippen MR) is 148 cm³/mol. The van der Waals surface area contributed by atoms with Crippen LogP contribution in [-0.2, 0) is 6.54 Å². The molecular formula is C30H33N5O3. The molecule has 0 saturated carbocycles. The number of likely N-dealkylation sites (tertiary alicyclic amines) is 1. The molecule has 5 rings (SSSR count). The molecule has 0 bridgehead atoms. The van der Waals surface area contributed by atoms with Gasteiger partial charge in [0, 0.05) is 51.2 Å². The second-order valence-corrected chi connectivity index (χ2v) is 10.0. The van der Waals surface area contributed by atoms with Crippen LogP contribution in [0, 0.1) is 0 Å². The fraction of sp³-hybridized carbons (Fsp3) is 0.333. The third-order valence-corrected chi connectivity index (χ3v) is 7.19. The van der Waals surface area contributed by atoms with E-state index in [-0.39, 0.29) is 30.0 Å². The number of aromatic nitrogens is 2. The predicted octanol–water partition coefficient (Wildman–Crippen LogP) is 3.91. The first-order chi connectivity index (χ1) is 18.5. The zero-order chi connectivity index (χ0) is 26.5. The topological polar surface area (TPSA) is 87.5 Å². The van der Waals surface area contributed by atoms with E-state index in [1.165, 1.54) is 16.0 Å². The second kappa shape index (κ2) is 11.6. The van der Waals surface area contributed by atoms with Gasteiger partial charge in [-0.05, 0) is 43.9 Å². The van der Waals surface area contributed by atoms with E-state index in [9.17, 15) is 14.4 Å². The van der Waals surface area contributed by atoms with Gasteiger partial charge in [0.15, 0.2) is 5.82 Å². The first-order valence-corrected chi connectivity index (χ1v) is 13.2. The van der Waals surface area contributed by atoms with Crippen molar-refractivity contribution in [1.29, 1.82) is 0 Å². The summed E-state index contributed by atoms with van der Waals surface area (Å²) in [5.41, 5.74) is 3.25. The summed E-state index contributed by atoms with van der Waals surface area (Å²) in [7, 11) is 0. The lowest BCUT2D eigenvalue weighted by molar-refractivity contribution is 0.0650. The Kier molecular flexibility index (Phi) is 7.79. The minimum absolute atomic E-state index is 0.182. The van der Waals surface area contributed by atoms with Crippen molar-refractivity contribution in [3.8, 4) is 0 Å². The van der Waals surface area contributed by atoms with Crippen LogP contribution in [0.5, 0.6) is 0 Å². The van der Waals surface area contributed by atoms with Crippen molar-refractivity contribution in [2.75, 3.05) is 31.5 Å². The van der Waals surface area contributed by atoms with Crippen LogP contribution in [0.2, 0.25) is 0 Å². The number of benzene rings is 2. The molecule has 38 heavy (non-hydrogen) atoms. The number of hydrogen-bond acceptors (Lipinski definition) is 6. The summed E-state index contributed by atoms with van der Waals surface area (Å²) in [4.78, 5) is 46.2. The Bertz CT molecular complexity index is 1360. The van der Waals surface area contributed by atoms with Crippen molar-refractivity contribution in [3.63, 3.8) is 0 Å². The summed E-state index contributed by atoms with van der Waals surface area (Å²) in [5.74, 6) is -0.189. The number of imide groups is 1. The lowest BCUT2D eigenvalue weighted by Gasteiger charge is -2.32. The van der Waals surface area contributed by atoms with Gasteiger partial charge >= 0.3 is 0 Å². The highest BCUT2D eigenvalue weighted by Gasteiger charge is 2.34. The molecule has 2 aliphatic rings. The molecule has 2 aromatic carbocycles. The van der Waals surface area contributed by atoms with Crippen molar-refractivity contribution in [2.45, 2.75) is 38.8 Å². The molecule has 0 aliphatic carbocycles. The van der Waals surface area contributed by atoms with E-state index >= 15 is 0 Å². The number of aryl methyl sites for hydroxylation is 1. The van der Waals surface area contributed by atoms with E-state index < -0.39 is 0 Å². The number of carbonyl (C=O) groups is 2. The van der Waals surface area contributed by atoms with E-state index in [2.05, 4.69) is 52.5 Å². The van der Waals surface area contributed by atoms with Crippen molar-refractivity contribution in [1.82, 2.24) is 19.4 Å². The van der Waals surface area contributed by atoms with Crippen LogP contribution in [0.3, 0.4) is 0 Å². The summed E-state index contributed by atoms with van der Waals surface area (Å²) in [6.07, 6.45) is 7.87. The molecule has 0 atom stereocenters. The van der Waals surface area contributed by atoms with Crippen LogP contribution < -0.4 is 10.9 Å². The maximum atomic E-state index is 13.0. The largest absolute Gasteiger partial charge is 0.363 e. The molecule has 0 unspecified atom stereocenters. The lowest BCUT2D eigenvalue weighted by Crippen LogP contribution is -2.41. The first-order valence-electron chi connectivity index (χ1n) is 13.2. The number of amides is 2. The Hall–Kier alpha value is -4.04. The molecule has 3 aromatic rings. The van der Waals surface area contributed by atoms with Gasteiger partial charge in [0.1, 0.15) is 0 Å². The maximum Gasteiger partial charge on any atom is 0.293 e. The molecule has 0 spiro atoms. The quantitative estimate of drug-likeness (QED) is 0.439. The summed E-state index contributed by atoms with van der Waals surface area (Å²) in [5, 5.41) is 3.36. The van der Waals surface area contributed by atoms with Crippen LogP contribution in [0.15, 0.2) is 77.4 Å². The Labute approximate surface area is 222 Å². The molecule has 1 N–H and O–H groups in total. The maximum absolute atomic E-state index is 13.0. The zero-order valence-electron chi connectivity index (χ0n) is 21.7. The molecule has 1 fully saturated rings. The molecule has 8 heteroatoms. The van der Waals surface area contributed by atoms with Crippen LogP contribution in [0.1, 0.15) is 52.5 Å². The van der Waals surface area contributed by atoms with Gasteiger partial charge in [-0.25, -0.2) is 4.98 Å². The fourth-order valence-corrected chi connectivity index (χ4v) is 5.22. The monoisotopic (exact) mass is 511 g/mol. The van der Waals surface area contributed by atoms with E-state index in [4.69, 9.17) is 0 Å². The summed E-state index contributed by atoms with van der Waals surface area (Å²) < 4.78 is 1.60. The van der Waals surface area contributed by atoms with Gasteiger partial charge in [-0.3, -0.25) is 24.2 Å². The number of nitrogens with zero attached hydrogens (tertiary/aromatic N) is 4. The summed E-state index contributed by atoms with van der Waals surface area (Å²) >= 11 is 0. The molecule has 3 heterocycles. The minimum Gasteiger partial charge on any atom is -0.363 e. The average molecular weight is 512 g/mol. The Morgan fingerprint density at radius 3 is 2.29 bits per heavy atom. The number of anilines is 1. The van der Waals surface area contributed by atoms with Crippen LogP contribution in [0.4, 0.5) is 5.82 Å². The first kappa shape index (κ1) is 25.6. The van der Waals surface area contributed by atoms with E-state index in [0.717, 1.165) is 32.5 Å². The van der Waals surface area contributed by atoms with Gasteiger partial charge in [-0.15, -0.1) is 0 Å². The summed E-state index contributed by atoms with van der Waals surface area (Å²) in [6, 6.07) is 17.4. The van der Waals surface area contributed by atoms with Gasteiger partial charge in [-0.1, -0.05) is 54.1 Å². The van der Waals surface area contributed by atoms with Crippen molar-refractivity contribution in [2.24, 2.45) is 0 Å². The van der Waals surface area contributed by atoms with Crippen molar-refractivity contribution >= 4 is 23.7 Å². The SMILES string of the molecule is CC(=Cc1ccccc1)CN1CCC(Nc2nccn(CCCN3C(=O)c4ccccc4C3=O)c2=O)CC1. The number of hydrogen-bond donors (Lipinski definition) is 1. The number of piperidine rings is 1.